The lowest BCUT2D eigenvalue weighted by Crippen LogP contribution is -2.24. The lowest BCUT2D eigenvalue weighted by atomic mass is 9.73. The third-order valence-electron chi connectivity index (χ3n) is 14.1. The molecule has 0 amide bonds. The van der Waals surface area contributed by atoms with Gasteiger partial charge >= 0.3 is 0 Å². The molecule has 2 heteroatoms. The van der Waals surface area contributed by atoms with E-state index in [0.29, 0.717) is 0 Å². The maximum Gasteiger partial charge on any atom is 0.0819 e. The molecule has 306 valence electrons. The van der Waals surface area contributed by atoms with Crippen LogP contribution in [0.5, 0.6) is 0 Å². The first-order chi connectivity index (χ1) is 31.5. The quantitative estimate of drug-likeness (QED) is 0.167. The molecule has 0 aliphatic heterocycles. The van der Waals surface area contributed by atoms with Gasteiger partial charge in [0.15, 0.2) is 0 Å². The van der Waals surface area contributed by atoms with E-state index in [-0.39, 0.29) is 10.8 Å². The fourth-order valence-electron chi connectivity index (χ4n) is 11.3. The van der Waals surface area contributed by atoms with Crippen molar-refractivity contribution in [3.63, 3.8) is 0 Å². The highest BCUT2D eigenvalue weighted by molar-refractivity contribution is 7.20. The highest BCUT2D eigenvalue weighted by Gasteiger charge is 2.53. The number of rotatable bonds is 5. The van der Waals surface area contributed by atoms with E-state index in [1.165, 1.54) is 98.4 Å². The van der Waals surface area contributed by atoms with Gasteiger partial charge < -0.3 is 4.90 Å². The van der Waals surface area contributed by atoms with Gasteiger partial charge in [0.25, 0.3) is 0 Å². The molecule has 0 fully saturated rings. The molecule has 1 atom stereocenters. The summed E-state index contributed by atoms with van der Waals surface area (Å²) >= 11 is 1.97. The molecule has 64 heavy (non-hydrogen) atoms. The Morgan fingerprint density at radius 3 is 1.56 bits per heavy atom. The Kier molecular flexibility index (Phi) is 8.80. The number of hydrogen-bond donors (Lipinski definition) is 0. The van der Waals surface area contributed by atoms with Gasteiger partial charge in [0, 0.05) is 43.0 Å². The molecule has 0 bridgehead atoms. The Balaban J connectivity index is 0.00000214. The second kappa shape index (κ2) is 14.7. The van der Waals surface area contributed by atoms with E-state index in [0.717, 1.165) is 17.1 Å². The Morgan fingerprint density at radius 2 is 0.859 bits per heavy atom. The maximum atomic E-state index is 2.43. The second-order valence-corrected chi connectivity index (χ2v) is 18.6. The van der Waals surface area contributed by atoms with Gasteiger partial charge in [-0.15, -0.1) is 11.3 Å². The summed E-state index contributed by atoms with van der Waals surface area (Å²) in [5.41, 5.74) is 22.8. The van der Waals surface area contributed by atoms with Gasteiger partial charge in [0.2, 0.25) is 0 Å². The summed E-state index contributed by atoms with van der Waals surface area (Å²) in [6.07, 6.45) is 0. The van der Waals surface area contributed by atoms with Crippen molar-refractivity contribution in [2.75, 3.05) is 4.90 Å². The van der Waals surface area contributed by atoms with Crippen LogP contribution in [0.3, 0.4) is 0 Å². The lowest BCUT2D eigenvalue weighted by molar-refractivity contribution is 0.660. The Bertz CT molecular complexity index is 3430. The summed E-state index contributed by atoms with van der Waals surface area (Å²) in [6.45, 7) is 8.73. The van der Waals surface area contributed by atoms with Gasteiger partial charge in [-0.25, -0.2) is 0 Å². The van der Waals surface area contributed by atoms with E-state index < -0.39 is 0 Å². The highest BCUT2D eigenvalue weighted by atomic mass is 32.1. The van der Waals surface area contributed by atoms with Crippen molar-refractivity contribution in [2.45, 2.75) is 38.5 Å². The number of anilines is 3. The van der Waals surface area contributed by atoms with Gasteiger partial charge in [-0.2, -0.15) is 0 Å². The van der Waals surface area contributed by atoms with Crippen LogP contribution in [-0.4, -0.2) is 0 Å². The van der Waals surface area contributed by atoms with Gasteiger partial charge in [-0.3, -0.25) is 0 Å². The molecule has 9 aromatic carbocycles. The van der Waals surface area contributed by atoms with Crippen molar-refractivity contribution >= 4 is 38.5 Å². The maximum absolute atomic E-state index is 2.43. The van der Waals surface area contributed by atoms with Crippen LogP contribution in [0.2, 0.25) is 0 Å². The van der Waals surface area contributed by atoms with Crippen LogP contribution in [0.15, 0.2) is 212 Å². The molecular weight excluding hydrogens is 791 g/mol. The molecule has 3 aliphatic rings. The average molecular weight is 838 g/mol. The minimum absolute atomic E-state index is 0.105. The van der Waals surface area contributed by atoms with Crippen molar-refractivity contribution in [2.24, 2.45) is 0 Å². The molecule has 1 unspecified atom stereocenters. The van der Waals surface area contributed by atoms with Gasteiger partial charge in [0.1, 0.15) is 0 Å². The Hall–Kier alpha value is -7.26. The van der Waals surface area contributed by atoms with E-state index >= 15 is 0 Å². The molecule has 3 aliphatic carbocycles. The van der Waals surface area contributed by atoms with Gasteiger partial charge in [-0.05, 0) is 120 Å². The summed E-state index contributed by atoms with van der Waals surface area (Å²) in [5, 5.41) is 1.35. The number of nitrogens with zero attached hydrogens (tertiary/aromatic N) is 1. The third-order valence-corrected chi connectivity index (χ3v) is 15.4. The van der Waals surface area contributed by atoms with Crippen molar-refractivity contribution in [1.29, 1.82) is 0 Å². The first-order valence-electron chi connectivity index (χ1n) is 22.7. The van der Waals surface area contributed by atoms with Crippen LogP contribution < -0.4 is 4.90 Å². The zero-order chi connectivity index (χ0) is 43.2. The fourth-order valence-corrected chi connectivity index (χ4v) is 12.8. The minimum Gasteiger partial charge on any atom is -0.310 e. The van der Waals surface area contributed by atoms with Crippen molar-refractivity contribution < 1.29 is 0 Å². The molecule has 13 rings (SSSR count). The molecule has 0 radical (unpaired) electrons. The minimum atomic E-state index is -0.374. The highest BCUT2D eigenvalue weighted by Crippen LogP contribution is 2.67. The van der Waals surface area contributed by atoms with E-state index in [2.05, 4.69) is 231 Å². The van der Waals surface area contributed by atoms with Crippen LogP contribution >= 0.6 is 11.3 Å². The van der Waals surface area contributed by atoms with Crippen LogP contribution in [0.25, 0.3) is 65.7 Å². The van der Waals surface area contributed by atoms with Gasteiger partial charge in [0.05, 0.1) is 5.41 Å². The largest absolute Gasteiger partial charge is 0.310 e. The van der Waals surface area contributed by atoms with E-state index in [9.17, 15) is 0 Å². The van der Waals surface area contributed by atoms with E-state index in [1.54, 1.807) is 0 Å². The standard InChI is InChI=1S/C60H41NS.C2H6/c1-59(2)50-22-10-6-17-45(50)46-36-35-43(37-54(46)59)61(41-31-27-39(28-32-41)38-15-4-3-5-16-38)42-33-29-40(30-34-42)44-21-14-25-53-56(44)47-18-7-11-23-51(47)60(53)52-24-12-8-19-48(52)57-49-20-9-13-26-55(49)62-58(57)60;1-2/h3-37H,1-2H3;1-2H3. The van der Waals surface area contributed by atoms with Crippen LogP contribution in [0.1, 0.15) is 60.4 Å². The number of thiophene rings is 1. The molecule has 1 spiro atoms. The predicted octanol–water partition coefficient (Wildman–Crippen LogP) is 17.4. The Labute approximate surface area is 380 Å². The van der Waals surface area contributed by atoms with Crippen molar-refractivity contribution in [3.05, 3.63) is 245 Å². The molecule has 1 nitrogen and oxygen atoms in total. The lowest BCUT2D eigenvalue weighted by Gasteiger charge is -2.29. The number of fused-ring (bicyclic) bond motifs is 15. The molecular formula is C62H47NS. The van der Waals surface area contributed by atoms with Crippen LogP contribution in [0.4, 0.5) is 17.1 Å². The molecule has 1 aromatic heterocycles. The van der Waals surface area contributed by atoms with Crippen molar-refractivity contribution in [3.8, 4) is 55.6 Å². The summed E-state index contributed by atoms with van der Waals surface area (Å²) in [7, 11) is 0. The topological polar surface area (TPSA) is 3.24 Å². The molecule has 1 heterocycles. The zero-order valence-electron chi connectivity index (χ0n) is 36.6. The molecule has 10 aromatic rings. The number of benzene rings is 9. The molecule has 0 N–H and O–H groups in total. The van der Waals surface area contributed by atoms with E-state index in [4.69, 9.17) is 0 Å². The SMILES string of the molecule is CC.CC1(C)c2ccccc2-c2ccc(N(c3ccc(-c4ccccc4)cc3)c3ccc(-c4cccc5c4-c4ccccc4C54c5ccccc5-c5c4sc4ccccc54)cc3)cc21. The summed E-state index contributed by atoms with van der Waals surface area (Å²) in [6, 6.07) is 79.3. The van der Waals surface area contributed by atoms with Crippen LogP contribution in [0, 0.1) is 0 Å². The fraction of sp³-hybridized carbons (Fsp3) is 0.0968. The summed E-state index contributed by atoms with van der Waals surface area (Å²) in [4.78, 5) is 3.86. The summed E-state index contributed by atoms with van der Waals surface area (Å²) < 4.78 is 1.35. The van der Waals surface area contributed by atoms with Crippen molar-refractivity contribution in [1.82, 2.24) is 0 Å². The van der Waals surface area contributed by atoms with E-state index in [1.807, 2.05) is 25.2 Å². The first-order valence-corrected chi connectivity index (χ1v) is 23.5. The average Bonchev–Trinajstić information content (AvgIpc) is 4.05. The predicted molar refractivity (Wildman–Crippen MR) is 273 cm³/mol. The summed E-state index contributed by atoms with van der Waals surface area (Å²) in [5.74, 6) is 0. The normalized spacial score (nSPS) is 15.4. The third kappa shape index (κ3) is 5.36. The first kappa shape index (κ1) is 38.4. The number of hydrogen-bond acceptors (Lipinski definition) is 2. The smallest absolute Gasteiger partial charge is 0.0819 e. The molecule has 0 saturated heterocycles. The van der Waals surface area contributed by atoms with Gasteiger partial charge in [-0.1, -0.05) is 198 Å². The monoisotopic (exact) mass is 837 g/mol. The molecule has 0 saturated carbocycles. The zero-order valence-corrected chi connectivity index (χ0v) is 37.4. The second-order valence-electron chi connectivity index (χ2n) is 17.6. The van der Waals surface area contributed by atoms with Crippen LogP contribution in [-0.2, 0) is 10.8 Å². The Morgan fingerprint density at radius 1 is 0.359 bits per heavy atom.